The number of primary amides is 1. The van der Waals surface area contributed by atoms with Crippen molar-refractivity contribution in [1.29, 1.82) is 0 Å². The first kappa shape index (κ1) is 36.9. The number of nitrogens with two attached hydrogens (primary N) is 1. The van der Waals surface area contributed by atoms with Gasteiger partial charge < -0.3 is 21.1 Å². The Morgan fingerprint density at radius 1 is 1.13 bits per heavy atom. The molecule has 1 saturated heterocycles. The molecular weight excluding hydrogens is 663 g/mol. The molecule has 0 saturated carbocycles. The van der Waals surface area contributed by atoms with Gasteiger partial charge in [0, 0.05) is 37.2 Å². The zero-order valence-electron chi connectivity index (χ0n) is 25.4. The summed E-state index contributed by atoms with van der Waals surface area (Å²) in [6.07, 6.45) is 7.08. The Balaban J connectivity index is 0.00000576. The van der Waals surface area contributed by atoms with Crippen LogP contribution in [-0.4, -0.2) is 55.6 Å². The molecule has 3 amide bonds. The minimum Gasteiger partial charge on any atom is -0.437 e. The summed E-state index contributed by atoms with van der Waals surface area (Å²) >= 11 is 6.21. The summed E-state index contributed by atoms with van der Waals surface area (Å²) in [5, 5.41) is 5.51. The molecule has 0 spiro atoms. The van der Waals surface area contributed by atoms with Gasteiger partial charge in [0.05, 0.1) is 21.2 Å². The number of likely N-dealkylation sites (tertiary alicyclic amines) is 1. The largest absolute Gasteiger partial charge is 0.437 e. The van der Waals surface area contributed by atoms with Crippen molar-refractivity contribution in [3.63, 3.8) is 0 Å². The van der Waals surface area contributed by atoms with Crippen molar-refractivity contribution in [2.75, 3.05) is 24.7 Å². The van der Waals surface area contributed by atoms with E-state index in [1.165, 1.54) is 18.2 Å². The van der Waals surface area contributed by atoms with Crippen LogP contribution in [-0.2, 0) is 16.4 Å². The number of aromatic nitrogens is 1. The second-order valence-corrected chi connectivity index (χ2v) is 13.5. The van der Waals surface area contributed by atoms with Gasteiger partial charge in [0.15, 0.2) is 9.84 Å². The molecule has 46 heavy (non-hydrogen) atoms. The fraction of sp³-hybridized carbons (Fsp3) is 0.387. The molecule has 0 radical (unpaired) electrons. The summed E-state index contributed by atoms with van der Waals surface area (Å²) in [6, 6.07) is 8.51. The van der Waals surface area contributed by atoms with Crippen molar-refractivity contribution in [2.24, 2.45) is 11.7 Å². The number of nitrogens with zero attached hydrogens (tertiary/aromatic N) is 2. The standard InChI is InChI=1S/C31H36ClF2N5O5S.ClH/c1-3-4-5-26(37-31(41)38-27-15-22(30(35)40)24(33)16-25(27)34)20-10-12-39(13-11-20)18-19-6-9-29(36-17-19)44-28-8-7-21(14-23(28)32)45(2,42)43;/h6-9,14-17,20,26H,3-5,10-13,18H2,1-2H3,(H2,35,40)(H2,37,38,41);1H. The summed E-state index contributed by atoms with van der Waals surface area (Å²) < 4.78 is 57.3. The number of halogens is 4. The first-order valence-electron chi connectivity index (χ1n) is 14.5. The number of sulfone groups is 1. The third kappa shape index (κ3) is 9.99. The molecule has 10 nitrogen and oxygen atoms in total. The second-order valence-electron chi connectivity index (χ2n) is 11.1. The highest BCUT2D eigenvalue weighted by atomic mass is 35.5. The Labute approximate surface area is 278 Å². The highest BCUT2D eigenvalue weighted by Gasteiger charge is 2.28. The van der Waals surface area contributed by atoms with Crippen LogP contribution in [0.15, 0.2) is 53.6 Å². The lowest BCUT2D eigenvalue weighted by Gasteiger charge is -2.36. The number of urea groups is 1. The van der Waals surface area contributed by atoms with Crippen LogP contribution in [0.25, 0.3) is 0 Å². The van der Waals surface area contributed by atoms with Gasteiger partial charge in [-0.1, -0.05) is 37.4 Å². The number of carbonyl (C=O) groups is 2. The molecule has 2 aromatic carbocycles. The minimum absolute atomic E-state index is 0. The molecule has 250 valence electrons. The van der Waals surface area contributed by atoms with E-state index >= 15 is 0 Å². The predicted molar refractivity (Wildman–Crippen MR) is 174 cm³/mol. The van der Waals surface area contributed by atoms with Crippen LogP contribution >= 0.6 is 24.0 Å². The Hall–Kier alpha value is -3.52. The maximum absolute atomic E-state index is 14.3. The zero-order valence-corrected chi connectivity index (χ0v) is 27.8. The van der Waals surface area contributed by atoms with Crippen molar-refractivity contribution in [1.82, 2.24) is 15.2 Å². The molecule has 1 aliphatic rings. The van der Waals surface area contributed by atoms with E-state index in [0.717, 1.165) is 63.1 Å². The average molecular weight is 701 g/mol. The van der Waals surface area contributed by atoms with Gasteiger partial charge in [-0.05, 0) is 68.1 Å². The number of hydrogen-bond acceptors (Lipinski definition) is 7. The van der Waals surface area contributed by atoms with Gasteiger partial charge in [-0.3, -0.25) is 9.69 Å². The molecule has 3 aromatic rings. The van der Waals surface area contributed by atoms with Crippen LogP contribution in [0.3, 0.4) is 0 Å². The number of unbranched alkanes of at least 4 members (excludes halogenated alkanes) is 1. The van der Waals surface area contributed by atoms with E-state index in [0.29, 0.717) is 24.2 Å². The van der Waals surface area contributed by atoms with E-state index in [1.807, 2.05) is 6.07 Å². The number of carbonyl (C=O) groups excluding carboxylic acids is 2. The third-order valence-corrected chi connectivity index (χ3v) is 9.11. The Kier molecular flexibility index (Phi) is 13.1. The van der Waals surface area contributed by atoms with Crippen molar-refractivity contribution in [3.05, 3.63) is 76.4 Å². The number of anilines is 1. The molecule has 1 unspecified atom stereocenters. The monoisotopic (exact) mass is 699 g/mol. The Morgan fingerprint density at radius 3 is 2.43 bits per heavy atom. The lowest BCUT2D eigenvalue weighted by molar-refractivity contribution is 0.0996. The number of amides is 3. The van der Waals surface area contributed by atoms with Crippen molar-refractivity contribution < 1.29 is 31.5 Å². The number of benzene rings is 2. The van der Waals surface area contributed by atoms with Crippen LogP contribution < -0.4 is 21.1 Å². The lowest BCUT2D eigenvalue weighted by atomic mass is 9.86. The van der Waals surface area contributed by atoms with E-state index in [1.54, 1.807) is 12.3 Å². The second kappa shape index (κ2) is 16.3. The smallest absolute Gasteiger partial charge is 0.319 e. The van der Waals surface area contributed by atoms with Crippen LogP contribution in [0.1, 0.15) is 54.9 Å². The van der Waals surface area contributed by atoms with Gasteiger partial charge in [-0.2, -0.15) is 0 Å². The highest BCUT2D eigenvalue weighted by molar-refractivity contribution is 7.90. The summed E-state index contributed by atoms with van der Waals surface area (Å²) in [5.41, 5.74) is 5.29. The molecule has 4 rings (SSSR count). The zero-order chi connectivity index (χ0) is 32.7. The van der Waals surface area contributed by atoms with Crippen LogP contribution in [0.2, 0.25) is 5.02 Å². The summed E-state index contributed by atoms with van der Waals surface area (Å²) in [6.45, 7) is 4.33. The maximum Gasteiger partial charge on any atom is 0.319 e. The number of hydrogen-bond donors (Lipinski definition) is 3. The normalized spacial score (nSPS) is 14.6. The van der Waals surface area contributed by atoms with Crippen LogP contribution in [0, 0.1) is 17.6 Å². The summed E-state index contributed by atoms with van der Waals surface area (Å²) in [5.74, 6) is -2.35. The molecule has 0 aliphatic carbocycles. The van der Waals surface area contributed by atoms with Gasteiger partial charge in [-0.15, -0.1) is 12.4 Å². The summed E-state index contributed by atoms with van der Waals surface area (Å²) in [4.78, 5) is 31.0. The molecule has 1 aliphatic heterocycles. The van der Waals surface area contributed by atoms with Crippen molar-refractivity contribution >= 4 is 51.5 Å². The fourth-order valence-corrected chi connectivity index (χ4v) is 6.19. The van der Waals surface area contributed by atoms with Gasteiger partial charge in [-0.25, -0.2) is 27.0 Å². The minimum atomic E-state index is -3.39. The Bertz CT molecular complexity index is 1640. The van der Waals surface area contributed by atoms with Crippen LogP contribution in [0.5, 0.6) is 11.6 Å². The Morgan fingerprint density at radius 2 is 1.85 bits per heavy atom. The molecule has 2 heterocycles. The lowest BCUT2D eigenvalue weighted by Crippen LogP contribution is -2.46. The third-order valence-electron chi connectivity index (χ3n) is 7.71. The van der Waals surface area contributed by atoms with Crippen LogP contribution in [0.4, 0.5) is 19.3 Å². The molecule has 0 bridgehead atoms. The number of pyridine rings is 1. The van der Waals surface area contributed by atoms with E-state index in [4.69, 9.17) is 22.1 Å². The number of rotatable bonds is 12. The first-order chi connectivity index (χ1) is 21.3. The van der Waals surface area contributed by atoms with Gasteiger partial charge in [0.25, 0.3) is 5.91 Å². The number of nitrogens with one attached hydrogen (secondary N) is 2. The molecule has 1 fully saturated rings. The van der Waals surface area contributed by atoms with E-state index in [9.17, 15) is 26.8 Å². The van der Waals surface area contributed by atoms with Crippen molar-refractivity contribution in [3.8, 4) is 11.6 Å². The molecule has 15 heteroatoms. The first-order valence-corrected chi connectivity index (χ1v) is 16.8. The van der Waals surface area contributed by atoms with E-state index in [2.05, 4.69) is 27.4 Å². The number of piperidine rings is 1. The molecule has 4 N–H and O–H groups in total. The quantitative estimate of drug-likeness (QED) is 0.201. The molecule has 1 atom stereocenters. The topological polar surface area (TPSA) is 144 Å². The predicted octanol–water partition coefficient (Wildman–Crippen LogP) is 6.32. The fourth-order valence-electron chi connectivity index (χ4n) is 5.25. The number of ether oxygens (including phenoxy) is 1. The molecule has 1 aromatic heterocycles. The summed E-state index contributed by atoms with van der Waals surface area (Å²) in [7, 11) is -3.39. The maximum atomic E-state index is 14.3. The van der Waals surface area contributed by atoms with Gasteiger partial charge in [0.2, 0.25) is 5.88 Å². The highest BCUT2D eigenvalue weighted by Crippen LogP contribution is 2.31. The van der Waals surface area contributed by atoms with Gasteiger partial charge in [0.1, 0.15) is 17.4 Å². The van der Waals surface area contributed by atoms with E-state index in [-0.39, 0.29) is 40.0 Å². The SMILES string of the molecule is CCCCC(NC(=O)Nc1cc(C(N)=O)c(F)cc1F)C1CCN(Cc2ccc(Oc3ccc(S(C)(=O)=O)cc3Cl)nc2)CC1.Cl. The molecular formula is C31H37Cl2F2N5O5S. The average Bonchev–Trinajstić information content (AvgIpc) is 2.98. The van der Waals surface area contributed by atoms with Gasteiger partial charge >= 0.3 is 6.03 Å². The van der Waals surface area contributed by atoms with Crippen molar-refractivity contribution in [2.45, 2.75) is 56.5 Å². The van der Waals surface area contributed by atoms with E-state index < -0.39 is 39.0 Å².